The average Bonchev–Trinajstić information content (AvgIpc) is 3.13. The lowest BCUT2D eigenvalue weighted by Gasteiger charge is -2.15. The van der Waals surface area contributed by atoms with Crippen LogP contribution in [0.5, 0.6) is 0 Å². The minimum Gasteiger partial charge on any atom is -0.345 e. The zero-order chi connectivity index (χ0) is 20.5. The van der Waals surface area contributed by atoms with Crippen LogP contribution in [0.3, 0.4) is 0 Å². The lowest BCUT2D eigenvalue weighted by molar-refractivity contribution is 0.0938. The van der Waals surface area contributed by atoms with Crippen molar-refractivity contribution in [2.75, 3.05) is 0 Å². The molecule has 1 amide bonds. The van der Waals surface area contributed by atoms with E-state index in [0.29, 0.717) is 16.2 Å². The van der Waals surface area contributed by atoms with Crippen molar-refractivity contribution in [3.8, 4) is 11.1 Å². The highest BCUT2D eigenvalue weighted by atomic mass is 79.9. The number of nitrogens with zero attached hydrogens (tertiary/aromatic N) is 3. The summed E-state index contributed by atoms with van der Waals surface area (Å²) in [5, 5.41) is 8.12. The summed E-state index contributed by atoms with van der Waals surface area (Å²) in [5.41, 5.74) is 4.72. The second-order valence-electron chi connectivity index (χ2n) is 6.81. The summed E-state index contributed by atoms with van der Waals surface area (Å²) in [4.78, 5) is 17.4. The molecule has 0 radical (unpaired) electrons. The van der Waals surface area contributed by atoms with E-state index in [9.17, 15) is 4.79 Å². The maximum atomic E-state index is 12.9. The van der Waals surface area contributed by atoms with Gasteiger partial charge < -0.3 is 5.32 Å². The van der Waals surface area contributed by atoms with Gasteiger partial charge >= 0.3 is 0 Å². The molecule has 0 fully saturated rings. The quantitative estimate of drug-likeness (QED) is 0.422. The van der Waals surface area contributed by atoms with E-state index in [1.807, 2.05) is 62.4 Å². The molecule has 1 atom stereocenters. The highest BCUT2D eigenvalue weighted by molar-refractivity contribution is 9.10. The Kier molecular flexibility index (Phi) is 5.39. The summed E-state index contributed by atoms with van der Waals surface area (Å²) in [7, 11) is 0. The van der Waals surface area contributed by atoms with Crippen LogP contribution >= 0.6 is 27.5 Å². The summed E-state index contributed by atoms with van der Waals surface area (Å²) in [6.07, 6.45) is 3.34. The largest absolute Gasteiger partial charge is 0.345 e. The molecule has 7 heteroatoms. The Hall–Kier alpha value is -2.70. The number of hydrogen-bond donors (Lipinski definition) is 1. The molecule has 4 rings (SSSR count). The van der Waals surface area contributed by atoms with E-state index < -0.39 is 0 Å². The van der Waals surface area contributed by atoms with E-state index >= 15 is 0 Å². The molecule has 146 valence electrons. The van der Waals surface area contributed by atoms with Crippen LogP contribution in [0.4, 0.5) is 0 Å². The predicted octanol–water partition coefficient (Wildman–Crippen LogP) is 5.61. The predicted molar refractivity (Wildman–Crippen MR) is 118 cm³/mol. The Morgan fingerprint density at radius 1 is 1.17 bits per heavy atom. The van der Waals surface area contributed by atoms with Crippen molar-refractivity contribution >= 4 is 39.1 Å². The lowest BCUT2D eigenvalue weighted by atomic mass is 10.1. The molecular formula is C22H18BrClN4O. The minimum atomic E-state index is -0.188. The first-order valence-electron chi connectivity index (χ1n) is 9.09. The summed E-state index contributed by atoms with van der Waals surface area (Å²) < 4.78 is 2.69. The number of aromatic nitrogens is 3. The Bertz CT molecular complexity index is 1200. The van der Waals surface area contributed by atoms with E-state index in [-0.39, 0.29) is 11.9 Å². The second-order valence-corrected chi connectivity index (χ2v) is 8.16. The van der Waals surface area contributed by atoms with Crippen molar-refractivity contribution in [3.63, 3.8) is 0 Å². The third kappa shape index (κ3) is 3.91. The zero-order valence-corrected chi connectivity index (χ0v) is 18.2. The molecule has 1 unspecified atom stereocenters. The number of benzene rings is 2. The molecule has 0 saturated heterocycles. The Morgan fingerprint density at radius 3 is 2.66 bits per heavy atom. The van der Waals surface area contributed by atoms with Gasteiger partial charge in [0.15, 0.2) is 5.65 Å². The van der Waals surface area contributed by atoms with Crippen LogP contribution in [-0.2, 0) is 0 Å². The van der Waals surface area contributed by atoms with Crippen LogP contribution in [-0.4, -0.2) is 20.5 Å². The molecule has 1 N–H and O–H groups in total. The number of halogens is 2. The average molecular weight is 470 g/mol. The number of carbonyl (C=O) groups excluding carboxylic acids is 1. The van der Waals surface area contributed by atoms with Gasteiger partial charge in [0.1, 0.15) is 0 Å². The van der Waals surface area contributed by atoms with Crippen molar-refractivity contribution in [2.45, 2.75) is 19.9 Å². The van der Waals surface area contributed by atoms with Crippen LogP contribution in [0.25, 0.3) is 16.8 Å². The van der Waals surface area contributed by atoms with Crippen molar-refractivity contribution in [3.05, 3.63) is 87.2 Å². The van der Waals surface area contributed by atoms with Gasteiger partial charge in [-0.05, 0) is 49.2 Å². The second kappa shape index (κ2) is 7.97. The Labute approximate surface area is 181 Å². The van der Waals surface area contributed by atoms with Gasteiger partial charge in [-0.25, -0.2) is 9.50 Å². The lowest BCUT2D eigenvalue weighted by Crippen LogP contribution is -2.28. The number of fused-ring (bicyclic) bond motifs is 1. The molecular weight excluding hydrogens is 452 g/mol. The van der Waals surface area contributed by atoms with Gasteiger partial charge in [0.2, 0.25) is 0 Å². The van der Waals surface area contributed by atoms with Gasteiger partial charge in [-0.1, -0.05) is 51.8 Å². The molecule has 2 aromatic heterocycles. The SMILES string of the molecule is Cc1c(C(=O)NC(C)c2ccc(Br)cc2)cnc2c(-c3cccc(Cl)c3)cnn12. The molecule has 0 aliphatic carbocycles. The number of carbonyl (C=O) groups is 1. The van der Waals surface area contributed by atoms with E-state index in [4.69, 9.17) is 11.6 Å². The summed E-state index contributed by atoms with van der Waals surface area (Å²) in [5.74, 6) is -0.188. The fourth-order valence-corrected chi connectivity index (χ4v) is 3.69. The Morgan fingerprint density at radius 2 is 1.93 bits per heavy atom. The number of amides is 1. The molecule has 0 aliphatic rings. The molecule has 0 aliphatic heterocycles. The topological polar surface area (TPSA) is 59.3 Å². The first-order valence-corrected chi connectivity index (χ1v) is 10.3. The highest BCUT2D eigenvalue weighted by Gasteiger charge is 2.18. The van der Waals surface area contributed by atoms with E-state index in [0.717, 1.165) is 26.9 Å². The first-order chi connectivity index (χ1) is 13.9. The van der Waals surface area contributed by atoms with Gasteiger partial charge in [0.05, 0.1) is 23.5 Å². The van der Waals surface area contributed by atoms with E-state index in [1.54, 1.807) is 16.9 Å². The molecule has 2 aromatic carbocycles. The maximum Gasteiger partial charge on any atom is 0.255 e. The van der Waals surface area contributed by atoms with Crippen molar-refractivity contribution in [2.24, 2.45) is 0 Å². The highest BCUT2D eigenvalue weighted by Crippen LogP contribution is 2.27. The maximum absolute atomic E-state index is 12.9. The minimum absolute atomic E-state index is 0.134. The molecule has 0 bridgehead atoms. The number of nitrogens with one attached hydrogen (secondary N) is 1. The fourth-order valence-electron chi connectivity index (χ4n) is 3.24. The van der Waals surface area contributed by atoms with E-state index in [1.165, 1.54) is 0 Å². The molecule has 5 nitrogen and oxygen atoms in total. The number of aryl methyl sites for hydroxylation is 1. The van der Waals surface area contributed by atoms with Crippen molar-refractivity contribution in [1.29, 1.82) is 0 Å². The summed E-state index contributed by atoms with van der Waals surface area (Å²) >= 11 is 9.54. The smallest absolute Gasteiger partial charge is 0.255 e. The third-order valence-corrected chi connectivity index (χ3v) is 5.63. The number of rotatable bonds is 4. The van der Waals surface area contributed by atoms with E-state index in [2.05, 4.69) is 31.3 Å². The normalized spacial score (nSPS) is 12.1. The van der Waals surface area contributed by atoms with Gasteiger partial charge in [-0.3, -0.25) is 4.79 Å². The molecule has 0 saturated carbocycles. The standard InChI is InChI=1S/C22H18BrClN4O/c1-13(15-6-8-17(23)9-7-15)27-22(29)19-11-25-21-20(12-26-28(21)14(19)2)16-4-3-5-18(24)10-16/h3-13H,1-2H3,(H,27,29). The fraction of sp³-hybridized carbons (Fsp3) is 0.136. The third-order valence-electron chi connectivity index (χ3n) is 4.87. The first kappa shape index (κ1) is 19.6. The molecule has 29 heavy (non-hydrogen) atoms. The van der Waals surface area contributed by atoms with Gasteiger partial charge in [0, 0.05) is 21.3 Å². The van der Waals surface area contributed by atoms with Gasteiger partial charge in [-0.2, -0.15) is 5.10 Å². The van der Waals surface area contributed by atoms with Crippen LogP contribution < -0.4 is 5.32 Å². The van der Waals surface area contributed by atoms with Crippen molar-refractivity contribution < 1.29 is 4.79 Å². The van der Waals surface area contributed by atoms with Crippen LogP contribution in [0.1, 0.15) is 34.6 Å². The molecule has 2 heterocycles. The monoisotopic (exact) mass is 468 g/mol. The van der Waals surface area contributed by atoms with Crippen LogP contribution in [0.15, 0.2) is 65.4 Å². The Balaban J connectivity index is 1.64. The summed E-state index contributed by atoms with van der Waals surface area (Å²) in [6, 6.07) is 15.3. The van der Waals surface area contributed by atoms with Crippen molar-refractivity contribution in [1.82, 2.24) is 19.9 Å². The number of hydrogen-bond acceptors (Lipinski definition) is 3. The summed E-state index contributed by atoms with van der Waals surface area (Å²) in [6.45, 7) is 3.82. The zero-order valence-electron chi connectivity index (χ0n) is 15.9. The van der Waals surface area contributed by atoms with Gasteiger partial charge in [0.25, 0.3) is 5.91 Å². The van der Waals surface area contributed by atoms with Crippen LogP contribution in [0, 0.1) is 6.92 Å². The van der Waals surface area contributed by atoms with Crippen LogP contribution in [0.2, 0.25) is 5.02 Å². The van der Waals surface area contributed by atoms with Gasteiger partial charge in [-0.15, -0.1) is 0 Å². The molecule has 0 spiro atoms. The molecule has 4 aromatic rings.